The molecule has 90 valence electrons. The van der Waals surface area contributed by atoms with Crippen molar-refractivity contribution in [2.24, 2.45) is 5.41 Å². The second-order valence-electron chi connectivity index (χ2n) is 6.17. The molecule has 2 nitrogen and oxygen atoms in total. The molecule has 1 rings (SSSR count). The first-order valence-electron chi connectivity index (χ1n) is 6.35. The summed E-state index contributed by atoms with van der Waals surface area (Å²) in [7, 11) is 2.22. The average Bonchev–Trinajstić information content (AvgIpc) is 2.14. The third-order valence-corrected chi connectivity index (χ3v) is 3.37. The summed E-state index contributed by atoms with van der Waals surface area (Å²) in [6.07, 6.45) is 2.62. The minimum Gasteiger partial charge on any atom is -0.304 e. The van der Waals surface area contributed by atoms with E-state index in [2.05, 4.69) is 44.5 Å². The lowest BCUT2D eigenvalue weighted by Crippen LogP contribution is -2.49. The van der Waals surface area contributed by atoms with Gasteiger partial charge in [-0.05, 0) is 25.3 Å². The van der Waals surface area contributed by atoms with Gasteiger partial charge in [-0.2, -0.15) is 0 Å². The first kappa shape index (κ1) is 13.0. The number of hydrogen-bond donors (Lipinski definition) is 0. The van der Waals surface area contributed by atoms with Crippen LogP contribution in [0.3, 0.4) is 0 Å². The van der Waals surface area contributed by atoms with Crippen molar-refractivity contribution in [3.63, 3.8) is 0 Å². The molecule has 1 heterocycles. The molecule has 1 atom stereocenters. The Balaban J connectivity index is 2.44. The number of hydrogen-bond acceptors (Lipinski definition) is 2. The number of nitrogens with zero attached hydrogens (tertiary/aromatic N) is 2. The fourth-order valence-electron chi connectivity index (χ4n) is 2.43. The molecule has 0 aromatic heterocycles. The van der Waals surface area contributed by atoms with E-state index in [0.29, 0.717) is 5.41 Å². The third kappa shape index (κ3) is 4.52. The minimum absolute atomic E-state index is 0.462. The predicted octanol–water partition coefficient (Wildman–Crippen LogP) is 2.45. The zero-order valence-corrected chi connectivity index (χ0v) is 11.2. The van der Waals surface area contributed by atoms with E-state index in [1.54, 1.807) is 0 Å². The zero-order chi connectivity index (χ0) is 11.5. The van der Waals surface area contributed by atoms with E-state index < -0.39 is 0 Å². The molecule has 1 aliphatic rings. The Labute approximate surface area is 95.6 Å². The summed E-state index contributed by atoms with van der Waals surface area (Å²) in [5.41, 5.74) is 0.462. The molecule has 2 heteroatoms. The quantitative estimate of drug-likeness (QED) is 0.709. The summed E-state index contributed by atoms with van der Waals surface area (Å²) in [4.78, 5) is 5.12. The fraction of sp³-hybridized carbons (Fsp3) is 1.00. The first-order valence-corrected chi connectivity index (χ1v) is 6.35. The lowest BCUT2D eigenvalue weighted by Gasteiger charge is -2.40. The zero-order valence-electron chi connectivity index (χ0n) is 11.2. The Hall–Kier alpha value is -0.0800. The highest BCUT2D eigenvalue weighted by molar-refractivity contribution is 4.80. The van der Waals surface area contributed by atoms with E-state index >= 15 is 0 Å². The van der Waals surface area contributed by atoms with Gasteiger partial charge in [-0.1, -0.05) is 27.7 Å². The highest BCUT2D eigenvalue weighted by atomic mass is 15.3. The maximum Gasteiger partial charge on any atom is 0.0113 e. The normalized spacial score (nSPS) is 23.0. The second kappa shape index (κ2) is 5.31. The van der Waals surface area contributed by atoms with Crippen molar-refractivity contribution in [3.05, 3.63) is 0 Å². The molecule has 1 saturated heterocycles. The van der Waals surface area contributed by atoms with Gasteiger partial charge in [0.25, 0.3) is 0 Å². The van der Waals surface area contributed by atoms with Crippen molar-refractivity contribution in [1.29, 1.82) is 0 Å². The highest BCUT2D eigenvalue weighted by Gasteiger charge is 2.25. The van der Waals surface area contributed by atoms with Gasteiger partial charge in [-0.25, -0.2) is 0 Å². The molecule has 0 saturated carbocycles. The van der Waals surface area contributed by atoms with Gasteiger partial charge in [0, 0.05) is 32.2 Å². The van der Waals surface area contributed by atoms with Crippen LogP contribution < -0.4 is 0 Å². The third-order valence-electron chi connectivity index (χ3n) is 3.37. The van der Waals surface area contributed by atoms with Gasteiger partial charge in [0.2, 0.25) is 0 Å². The Bertz CT molecular complexity index is 175. The van der Waals surface area contributed by atoms with E-state index in [1.165, 1.54) is 39.0 Å². The van der Waals surface area contributed by atoms with E-state index in [1.807, 2.05) is 0 Å². The fourth-order valence-corrected chi connectivity index (χ4v) is 2.43. The summed E-state index contributed by atoms with van der Waals surface area (Å²) in [6.45, 7) is 14.4. The monoisotopic (exact) mass is 212 g/mol. The van der Waals surface area contributed by atoms with Crippen molar-refractivity contribution in [2.45, 2.75) is 46.6 Å². The summed E-state index contributed by atoms with van der Waals surface area (Å²) in [6, 6.07) is 0.790. The molecule has 0 amide bonds. The number of piperazine rings is 1. The Morgan fingerprint density at radius 3 is 2.00 bits per heavy atom. The van der Waals surface area contributed by atoms with E-state index in [0.717, 1.165) is 6.04 Å². The van der Waals surface area contributed by atoms with Crippen molar-refractivity contribution >= 4 is 0 Å². The molecule has 15 heavy (non-hydrogen) atoms. The maximum atomic E-state index is 2.69. The molecule has 0 aliphatic carbocycles. The summed E-state index contributed by atoms with van der Waals surface area (Å²) >= 11 is 0. The smallest absolute Gasteiger partial charge is 0.0113 e. The molecule has 1 fully saturated rings. The van der Waals surface area contributed by atoms with Crippen LogP contribution in [0.1, 0.15) is 40.5 Å². The van der Waals surface area contributed by atoms with E-state index in [4.69, 9.17) is 0 Å². The average molecular weight is 212 g/mol. The van der Waals surface area contributed by atoms with Crippen molar-refractivity contribution in [2.75, 3.05) is 33.2 Å². The summed E-state index contributed by atoms with van der Waals surface area (Å²) in [5, 5.41) is 0. The van der Waals surface area contributed by atoms with Gasteiger partial charge < -0.3 is 4.90 Å². The lowest BCUT2D eigenvalue weighted by atomic mass is 9.86. The number of likely N-dealkylation sites (N-methyl/N-ethyl adjacent to an activating group) is 1. The largest absolute Gasteiger partial charge is 0.304 e. The summed E-state index contributed by atoms with van der Waals surface area (Å²) < 4.78 is 0. The molecule has 1 unspecified atom stereocenters. The standard InChI is InChI=1S/C13H28N2/c1-6-12(11-13(2,3)4)15-9-7-14(5)8-10-15/h12H,6-11H2,1-5H3. The van der Waals surface area contributed by atoms with Crippen molar-refractivity contribution in [3.8, 4) is 0 Å². The topological polar surface area (TPSA) is 6.48 Å². The van der Waals surface area contributed by atoms with Gasteiger partial charge in [0.05, 0.1) is 0 Å². The molecule has 0 N–H and O–H groups in total. The van der Waals surface area contributed by atoms with E-state index in [9.17, 15) is 0 Å². The molecule has 0 aromatic carbocycles. The minimum atomic E-state index is 0.462. The molecule has 1 aliphatic heterocycles. The predicted molar refractivity (Wildman–Crippen MR) is 67.2 cm³/mol. The molecular weight excluding hydrogens is 184 g/mol. The molecule has 0 radical (unpaired) electrons. The second-order valence-corrected chi connectivity index (χ2v) is 6.17. The first-order chi connectivity index (χ1) is 6.92. The van der Waals surface area contributed by atoms with E-state index in [-0.39, 0.29) is 0 Å². The Kier molecular flexibility index (Phi) is 4.60. The molecule has 0 bridgehead atoms. The molecule has 0 spiro atoms. The van der Waals surface area contributed by atoms with Crippen LogP contribution in [0.2, 0.25) is 0 Å². The van der Waals surface area contributed by atoms with Crippen LogP contribution in [-0.4, -0.2) is 49.1 Å². The lowest BCUT2D eigenvalue weighted by molar-refractivity contribution is 0.0859. The van der Waals surface area contributed by atoms with Crippen LogP contribution >= 0.6 is 0 Å². The van der Waals surface area contributed by atoms with Gasteiger partial charge in [-0.15, -0.1) is 0 Å². The Morgan fingerprint density at radius 1 is 1.07 bits per heavy atom. The summed E-state index contributed by atoms with van der Waals surface area (Å²) in [5.74, 6) is 0. The van der Waals surface area contributed by atoms with Crippen LogP contribution in [0.4, 0.5) is 0 Å². The van der Waals surface area contributed by atoms with Crippen LogP contribution in [0.25, 0.3) is 0 Å². The Morgan fingerprint density at radius 2 is 1.60 bits per heavy atom. The van der Waals surface area contributed by atoms with Crippen molar-refractivity contribution in [1.82, 2.24) is 9.80 Å². The van der Waals surface area contributed by atoms with Crippen LogP contribution in [0, 0.1) is 5.41 Å². The maximum absolute atomic E-state index is 2.69. The number of rotatable bonds is 3. The van der Waals surface area contributed by atoms with Gasteiger partial charge in [0.15, 0.2) is 0 Å². The van der Waals surface area contributed by atoms with Gasteiger partial charge >= 0.3 is 0 Å². The van der Waals surface area contributed by atoms with Crippen LogP contribution in [0.5, 0.6) is 0 Å². The van der Waals surface area contributed by atoms with Crippen molar-refractivity contribution < 1.29 is 0 Å². The van der Waals surface area contributed by atoms with Crippen LogP contribution in [0.15, 0.2) is 0 Å². The SMILES string of the molecule is CCC(CC(C)(C)C)N1CCN(C)CC1. The van der Waals surface area contributed by atoms with Crippen LogP contribution in [-0.2, 0) is 0 Å². The molecular formula is C13H28N2. The molecule has 0 aromatic rings. The van der Waals surface area contributed by atoms with Gasteiger partial charge in [0.1, 0.15) is 0 Å². The van der Waals surface area contributed by atoms with Gasteiger partial charge in [-0.3, -0.25) is 4.90 Å². The highest BCUT2D eigenvalue weighted by Crippen LogP contribution is 2.25.